The molecule has 1 aromatic rings. The fourth-order valence-electron chi connectivity index (χ4n) is 0.834. The van der Waals surface area contributed by atoms with E-state index in [2.05, 4.69) is 18.8 Å². The minimum atomic E-state index is 0.463. The molecule has 0 aromatic heterocycles. The lowest BCUT2D eigenvalue weighted by Crippen LogP contribution is -1.88. The molecule has 0 saturated carbocycles. The van der Waals surface area contributed by atoms with Crippen molar-refractivity contribution < 1.29 is 0 Å². The van der Waals surface area contributed by atoms with Crippen LogP contribution in [0, 0.1) is 5.92 Å². The van der Waals surface area contributed by atoms with Crippen LogP contribution in [0.4, 0.5) is 11.4 Å². The van der Waals surface area contributed by atoms with Crippen molar-refractivity contribution in [2.24, 2.45) is 10.9 Å². The van der Waals surface area contributed by atoms with Gasteiger partial charge in [0.25, 0.3) is 0 Å². The van der Waals surface area contributed by atoms with Gasteiger partial charge >= 0.3 is 0 Å². The number of nitrogens with zero attached hydrogens (tertiary/aromatic N) is 1. The highest BCUT2D eigenvalue weighted by Gasteiger charge is 1.92. The number of anilines is 1. The van der Waals surface area contributed by atoms with Crippen LogP contribution in [-0.2, 0) is 0 Å². The van der Waals surface area contributed by atoms with Crippen molar-refractivity contribution in [3.63, 3.8) is 0 Å². The largest absolute Gasteiger partial charge is 0.397 e. The Hall–Kier alpha value is -1.31. The quantitative estimate of drug-likeness (QED) is 0.527. The fraction of sp³-hybridized carbons (Fsp3) is 0.300. The number of benzene rings is 1. The molecule has 0 aliphatic heterocycles. The predicted molar refractivity (Wildman–Crippen MR) is 53.8 cm³/mol. The maximum absolute atomic E-state index is 5.69. The standard InChI is InChI=1S/C10H14N2/c1-8(2)7-12-10-6-4-3-5-9(10)11/h3-8H,11H2,1-2H3. The van der Waals surface area contributed by atoms with E-state index >= 15 is 0 Å². The molecule has 0 aliphatic rings. The van der Waals surface area contributed by atoms with Gasteiger partial charge in [0.2, 0.25) is 0 Å². The zero-order valence-corrected chi connectivity index (χ0v) is 7.49. The Kier molecular flexibility index (Phi) is 2.86. The number of nitrogen functional groups attached to an aromatic ring is 1. The Bertz CT molecular complexity index is 277. The number of rotatable bonds is 2. The van der Waals surface area contributed by atoms with Gasteiger partial charge in [0.15, 0.2) is 0 Å². The second-order valence-electron chi connectivity index (χ2n) is 3.08. The number of aliphatic imine (C=N–C) groups is 1. The van der Waals surface area contributed by atoms with Crippen LogP contribution in [0.5, 0.6) is 0 Å². The maximum Gasteiger partial charge on any atom is 0.0855 e. The Balaban J connectivity index is 2.82. The van der Waals surface area contributed by atoms with Crippen LogP contribution in [0.3, 0.4) is 0 Å². The van der Waals surface area contributed by atoms with Gasteiger partial charge in [-0.25, -0.2) is 0 Å². The van der Waals surface area contributed by atoms with E-state index in [1.54, 1.807) is 0 Å². The third kappa shape index (κ3) is 2.38. The number of hydrogen-bond donors (Lipinski definition) is 1. The van der Waals surface area contributed by atoms with Crippen LogP contribution in [0.2, 0.25) is 0 Å². The van der Waals surface area contributed by atoms with E-state index < -0.39 is 0 Å². The molecule has 0 spiro atoms. The average Bonchev–Trinajstić information content (AvgIpc) is 2.03. The highest BCUT2D eigenvalue weighted by atomic mass is 14.8. The lowest BCUT2D eigenvalue weighted by molar-refractivity contribution is 0.907. The van der Waals surface area contributed by atoms with Gasteiger partial charge in [-0.1, -0.05) is 26.0 Å². The predicted octanol–water partition coefficient (Wildman–Crippen LogP) is 2.63. The summed E-state index contributed by atoms with van der Waals surface area (Å²) >= 11 is 0. The van der Waals surface area contributed by atoms with Crippen molar-refractivity contribution in [1.82, 2.24) is 0 Å². The van der Waals surface area contributed by atoms with Gasteiger partial charge in [-0.05, 0) is 18.1 Å². The minimum Gasteiger partial charge on any atom is -0.397 e. The highest BCUT2D eigenvalue weighted by molar-refractivity contribution is 5.71. The summed E-state index contributed by atoms with van der Waals surface area (Å²) in [6, 6.07) is 7.61. The van der Waals surface area contributed by atoms with Crippen LogP contribution in [0.15, 0.2) is 29.3 Å². The van der Waals surface area contributed by atoms with Crippen molar-refractivity contribution in [1.29, 1.82) is 0 Å². The van der Waals surface area contributed by atoms with E-state index in [1.165, 1.54) is 0 Å². The second kappa shape index (κ2) is 3.90. The summed E-state index contributed by atoms with van der Waals surface area (Å²) in [5.41, 5.74) is 7.28. The van der Waals surface area contributed by atoms with Crippen molar-refractivity contribution >= 4 is 17.6 Å². The first-order chi connectivity index (χ1) is 5.70. The molecule has 2 heteroatoms. The molecule has 2 N–H and O–H groups in total. The van der Waals surface area contributed by atoms with Crippen molar-refractivity contribution in [3.8, 4) is 0 Å². The van der Waals surface area contributed by atoms with Gasteiger partial charge in [0.05, 0.1) is 11.4 Å². The molecule has 0 amide bonds. The molecule has 0 saturated heterocycles. The summed E-state index contributed by atoms with van der Waals surface area (Å²) in [7, 11) is 0. The fourth-order valence-corrected chi connectivity index (χ4v) is 0.834. The number of para-hydroxylation sites is 2. The Morgan fingerprint density at radius 2 is 2.00 bits per heavy atom. The number of nitrogens with two attached hydrogens (primary N) is 1. The van der Waals surface area contributed by atoms with E-state index in [0.29, 0.717) is 5.92 Å². The van der Waals surface area contributed by atoms with Crippen molar-refractivity contribution in [2.75, 3.05) is 5.73 Å². The molecule has 1 aromatic carbocycles. The molecule has 0 radical (unpaired) electrons. The molecule has 2 nitrogen and oxygen atoms in total. The number of hydrogen-bond acceptors (Lipinski definition) is 2. The van der Waals surface area contributed by atoms with Gasteiger partial charge in [-0.3, -0.25) is 4.99 Å². The van der Waals surface area contributed by atoms with Crippen molar-refractivity contribution in [2.45, 2.75) is 13.8 Å². The monoisotopic (exact) mass is 162 g/mol. The van der Waals surface area contributed by atoms with E-state index in [9.17, 15) is 0 Å². The first-order valence-corrected chi connectivity index (χ1v) is 4.09. The summed E-state index contributed by atoms with van der Waals surface area (Å²) < 4.78 is 0. The van der Waals surface area contributed by atoms with Crippen LogP contribution >= 0.6 is 0 Å². The van der Waals surface area contributed by atoms with E-state index in [1.807, 2.05) is 30.5 Å². The summed E-state index contributed by atoms with van der Waals surface area (Å²) in [5, 5.41) is 0. The molecular weight excluding hydrogens is 148 g/mol. The van der Waals surface area contributed by atoms with Gasteiger partial charge in [0, 0.05) is 6.21 Å². The lowest BCUT2D eigenvalue weighted by atomic mass is 10.2. The molecule has 0 fully saturated rings. The third-order valence-corrected chi connectivity index (χ3v) is 1.45. The SMILES string of the molecule is CC(C)C=Nc1ccccc1N. The lowest BCUT2D eigenvalue weighted by Gasteiger charge is -1.98. The van der Waals surface area contributed by atoms with E-state index in [4.69, 9.17) is 5.73 Å². The van der Waals surface area contributed by atoms with Gasteiger partial charge in [0.1, 0.15) is 0 Å². The van der Waals surface area contributed by atoms with Gasteiger partial charge in [-0.15, -0.1) is 0 Å². The second-order valence-corrected chi connectivity index (χ2v) is 3.08. The topological polar surface area (TPSA) is 38.4 Å². The average molecular weight is 162 g/mol. The first-order valence-electron chi connectivity index (χ1n) is 4.09. The van der Waals surface area contributed by atoms with E-state index in [0.717, 1.165) is 11.4 Å². The summed E-state index contributed by atoms with van der Waals surface area (Å²) in [6.07, 6.45) is 1.89. The van der Waals surface area contributed by atoms with Crippen LogP contribution < -0.4 is 5.73 Å². The zero-order valence-electron chi connectivity index (χ0n) is 7.49. The normalized spacial score (nSPS) is 11.2. The smallest absolute Gasteiger partial charge is 0.0855 e. The zero-order chi connectivity index (χ0) is 8.97. The molecule has 0 heterocycles. The molecule has 1 rings (SSSR count). The molecule has 0 atom stereocenters. The van der Waals surface area contributed by atoms with Gasteiger partial charge < -0.3 is 5.73 Å². The Morgan fingerprint density at radius 3 is 2.58 bits per heavy atom. The molecule has 0 unspecified atom stereocenters. The van der Waals surface area contributed by atoms with Crippen LogP contribution in [0.25, 0.3) is 0 Å². The van der Waals surface area contributed by atoms with Gasteiger partial charge in [-0.2, -0.15) is 0 Å². The molecule has 12 heavy (non-hydrogen) atoms. The third-order valence-electron chi connectivity index (χ3n) is 1.45. The van der Waals surface area contributed by atoms with Crippen molar-refractivity contribution in [3.05, 3.63) is 24.3 Å². The van der Waals surface area contributed by atoms with Crippen LogP contribution in [0.1, 0.15) is 13.8 Å². The molecular formula is C10H14N2. The van der Waals surface area contributed by atoms with E-state index in [-0.39, 0.29) is 0 Å². The highest BCUT2D eigenvalue weighted by Crippen LogP contribution is 2.19. The van der Waals surface area contributed by atoms with Crippen LogP contribution in [-0.4, -0.2) is 6.21 Å². The Morgan fingerprint density at radius 1 is 1.33 bits per heavy atom. The summed E-state index contributed by atoms with van der Waals surface area (Å²) in [6.45, 7) is 4.17. The first kappa shape index (κ1) is 8.78. The molecule has 0 aliphatic carbocycles. The summed E-state index contributed by atoms with van der Waals surface area (Å²) in [5.74, 6) is 0.463. The Labute approximate surface area is 73.1 Å². The minimum absolute atomic E-state index is 0.463. The molecule has 0 bridgehead atoms. The molecule has 64 valence electrons. The summed E-state index contributed by atoms with van der Waals surface area (Å²) in [4.78, 5) is 4.26. The maximum atomic E-state index is 5.69.